The lowest BCUT2D eigenvalue weighted by atomic mass is 9.93. The summed E-state index contributed by atoms with van der Waals surface area (Å²) in [6.45, 7) is 4.23. The number of ether oxygens (including phenoxy) is 3. The summed E-state index contributed by atoms with van der Waals surface area (Å²) in [6, 6.07) is 0. The van der Waals surface area contributed by atoms with Crippen molar-refractivity contribution in [2.45, 2.75) is 64.6 Å². The van der Waals surface area contributed by atoms with Crippen LogP contribution >= 0.6 is 0 Å². The van der Waals surface area contributed by atoms with Gasteiger partial charge in [0.1, 0.15) is 0 Å². The van der Waals surface area contributed by atoms with Gasteiger partial charge < -0.3 is 14.2 Å². The summed E-state index contributed by atoms with van der Waals surface area (Å²) in [4.78, 5) is 24.1. The van der Waals surface area contributed by atoms with Crippen molar-refractivity contribution in [3.8, 4) is 0 Å². The maximum absolute atomic E-state index is 12.1. The van der Waals surface area contributed by atoms with Gasteiger partial charge in [-0.25, -0.2) is 9.59 Å². The fraction of sp³-hybridized carbons (Fsp3) is 0.619. The molecule has 2 rings (SSSR count). The lowest BCUT2D eigenvalue weighted by Crippen LogP contribution is -2.08. The van der Waals surface area contributed by atoms with Crippen molar-refractivity contribution < 1.29 is 23.8 Å². The largest absolute Gasteiger partial charge is 0.466 e. The number of rotatable bonds is 3. The molecule has 2 atom stereocenters. The Morgan fingerprint density at radius 3 is 2.27 bits per heavy atom. The van der Waals surface area contributed by atoms with Crippen molar-refractivity contribution in [3.63, 3.8) is 0 Å². The standard InChI is InChI=1S/C21H30O5/c1-14(2)15-8-10-16(20(22)24-3)6-5-7-18-19(26-18)13-12-17(11-9-15)21(23)25-4/h6,9,11,14,18-19H,5,7-8,10,12-13H2,1-4H3/b15-9-,16-6-,17-11+/t18-,19-/m0/s1. The SMILES string of the molecule is COC(=O)/C1=C\CC[C@@H]2O[C@H]2CC/C(C(=O)OC)=C\C=C(/C(C)C)CC1. The van der Waals surface area contributed by atoms with Gasteiger partial charge in [0.05, 0.1) is 26.4 Å². The Bertz CT molecular complexity index is 612. The minimum Gasteiger partial charge on any atom is -0.466 e. The highest BCUT2D eigenvalue weighted by Crippen LogP contribution is 2.32. The van der Waals surface area contributed by atoms with E-state index in [0.29, 0.717) is 29.9 Å². The number of esters is 2. The van der Waals surface area contributed by atoms with Crippen LogP contribution in [0.3, 0.4) is 0 Å². The van der Waals surface area contributed by atoms with Crippen LogP contribution in [0.5, 0.6) is 0 Å². The van der Waals surface area contributed by atoms with E-state index in [9.17, 15) is 9.59 Å². The number of carbonyl (C=O) groups is 2. The molecular formula is C21H30O5. The number of hydrogen-bond donors (Lipinski definition) is 0. The lowest BCUT2D eigenvalue weighted by Gasteiger charge is -2.13. The minimum atomic E-state index is -0.288. The molecule has 0 N–H and O–H groups in total. The molecule has 26 heavy (non-hydrogen) atoms. The van der Waals surface area contributed by atoms with Crippen molar-refractivity contribution in [1.29, 1.82) is 0 Å². The first-order valence-corrected chi connectivity index (χ1v) is 9.37. The summed E-state index contributed by atoms with van der Waals surface area (Å²) in [5, 5.41) is 0. The average molecular weight is 362 g/mol. The van der Waals surface area contributed by atoms with Crippen LogP contribution in [0.15, 0.2) is 34.9 Å². The first kappa shape index (κ1) is 20.4. The third-order valence-corrected chi connectivity index (χ3v) is 5.05. The van der Waals surface area contributed by atoms with E-state index in [1.165, 1.54) is 19.8 Å². The molecule has 0 unspecified atom stereocenters. The molecule has 0 spiro atoms. The molecule has 1 heterocycles. The summed E-state index contributed by atoms with van der Waals surface area (Å²) in [6.07, 6.45) is 10.8. The van der Waals surface area contributed by atoms with Crippen LogP contribution in [0.25, 0.3) is 0 Å². The zero-order chi connectivity index (χ0) is 19.1. The molecule has 1 fully saturated rings. The zero-order valence-corrected chi connectivity index (χ0v) is 16.2. The first-order valence-electron chi connectivity index (χ1n) is 9.37. The number of fused-ring (bicyclic) bond motifs is 1. The monoisotopic (exact) mass is 362 g/mol. The highest BCUT2D eigenvalue weighted by molar-refractivity contribution is 5.89. The molecule has 0 bridgehead atoms. The van der Waals surface area contributed by atoms with Gasteiger partial charge in [0.2, 0.25) is 0 Å². The van der Waals surface area contributed by atoms with E-state index in [1.54, 1.807) is 0 Å². The number of allylic oxidation sites excluding steroid dienone is 4. The van der Waals surface area contributed by atoms with Crippen LogP contribution in [0.2, 0.25) is 0 Å². The third kappa shape index (κ3) is 5.84. The molecule has 1 saturated heterocycles. The van der Waals surface area contributed by atoms with Gasteiger partial charge in [-0.1, -0.05) is 37.6 Å². The Morgan fingerprint density at radius 2 is 1.62 bits per heavy atom. The molecule has 1 aliphatic carbocycles. The Balaban J connectivity index is 2.26. The van der Waals surface area contributed by atoms with Gasteiger partial charge in [0.25, 0.3) is 0 Å². The molecular weight excluding hydrogens is 332 g/mol. The Hall–Kier alpha value is -1.88. The van der Waals surface area contributed by atoms with Crippen molar-refractivity contribution in [2.24, 2.45) is 5.92 Å². The second kappa shape index (κ2) is 9.72. The van der Waals surface area contributed by atoms with Gasteiger partial charge in [0.15, 0.2) is 0 Å². The van der Waals surface area contributed by atoms with Gasteiger partial charge in [-0.3, -0.25) is 0 Å². The van der Waals surface area contributed by atoms with Crippen molar-refractivity contribution >= 4 is 11.9 Å². The van der Waals surface area contributed by atoms with Crippen LogP contribution in [-0.2, 0) is 23.8 Å². The molecule has 2 aliphatic rings. The summed E-state index contributed by atoms with van der Waals surface area (Å²) in [5.74, 6) is -0.226. The van der Waals surface area contributed by atoms with Crippen LogP contribution in [0, 0.1) is 5.92 Å². The van der Waals surface area contributed by atoms with Crippen LogP contribution in [0.1, 0.15) is 52.4 Å². The maximum Gasteiger partial charge on any atom is 0.333 e. The van der Waals surface area contributed by atoms with E-state index < -0.39 is 0 Å². The lowest BCUT2D eigenvalue weighted by molar-refractivity contribution is -0.137. The fourth-order valence-electron chi connectivity index (χ4n) is 3.26. The Kier molecular flexibility index (Phi) is 7.64. The van der Waals surface area contributed by atoms with E-state index in [4.69, 9.17) is 14.2 Å². The molecule has 1 aliphatic heterocycles. The molecule has 0 aromatic rings. The van der Waals surface area contributed by atoms with Crippen LogP contribution in [-0.4, -0.2) is 38.4 Å². The fourth-order valence-corrected chi connectivity index (χ4v) is 3.26. The summed E-state index contributed by atoms with van der Waals surface area (Å²) >= 11 is 0. The maximum atomic E-state index is 12.1. The number of hydrogen-bond acceptors (Lipinski definition) is 5. The number of methoxy groups -OCH3 is 2. The molecule has 144 valence electrons. The molecule has 0 aromatic heterocycles. The quantitative estimate of drug-likeness (QED) is 0.563. The normalized spacial score (nSPS) is 30.4. The predicted octanol–water partition coefficient (Wildman–Crippen LogP) is 3.89. The highest BCUT2D eigenvalue weighted by Gasteiger charge is 2.37. The molecule has 5 heteroatoms. The average Bonchev–Trinajstić information content (AvgIpc) is 3.38. The Labute approximate surface area is 156 Å². The topological polar surface area (TPSA) is 65.1 Å². The third-order valence-electron chi connectivity index (χ3n) is 5.05. The second-order valence-corrected chi connectivity index (χ2v) is 7.13. The minimum absolute atomic E-state index is 0.189. The van der Waals surface area contributed by atoms with E-state index in [2.05, 4.69) is 13.8 Å². The number of epoxide rings is 1. The molecule has 0 aromatic carbocycles. The van der Waals surface area contributed by atoms with Crippen LogP contribution in [0.4, 0.5) is 0 Å². The smallest absolute Gasteiger partial charge is 0.333 e. The number of carbonyl (C=O) groups excluding carboxylic acids is 2. The summed E-state index contributed by atoms with van der Waals surface area (Å²) < 4.78 is 15.5. The van der Waals surface area contributed by atoms with E-state index in [0.717, 1.165) is 25.7 Å². The molecule has 0 radical (unpaired) electrons. The summed E-state index contributed by atoms with van der Waals surface area (Å²) in [7, 11) is 2.82. The van der Waals surface area contributed by atoms with E-state index >= 15 is 0 Å². The molecule has 5 nitrogen and oxygen atoms in total. The van der Waals surface area contributed by atoms with Gasteiger partial charge in [-0.15, -0.1) is 0 Å². The zero-order valence-electron chi connectivity index (χ0n) is 16.2. The van der Waals surface area contributed by atoms with Gasteiger partial charge in [-0.05, 0) is 44.4 Å². The van der Waals surface area contributed by atoms with Crippen LogP contribution < -0.4 is 0 Å². The van der Waals surface area contributed by atoms with Crippen molar-refractivity contribution in [3.05, 3.63) is 34.9 Å². The Morgan fingerprint density at radius 1 is 0.962 bits per heavy atom. The first-order chi connectivity index (χ1) is 12.5. The predicted molar refractivity (Wildman–Crippen MR) is 99.5 cm³/mol. The molecule has 0 saturated carbocycles. The van der Waals surface area contributed by atoms with Crippen molar-refractivity contribution in [2.75, 3.05) is 14.2 Å². The second-order valence-electron chi connectivity index (χ2n) is 7.13. The van der Waals surface area contributed by atoms with E-state index in [-0.39, 0.29) is 24.1 Å². The van der Waals surface area contributed by atoms with Gasteiger partial charge in [-0.2, -0.15) is 0 Å². The van der Waals surface area contributed by atoms with Gasteiger partial charge in [0, 0.05) is 11.1 Å². The highest BCUT2D eigenvalue weighted by atomic mass is 16.6. The van der Waals surface area contributed by atoms with E-state index in [1.807, 2.05) is 18.2 Å². The molecule has 0 amide bonds. The van der Waals surface area contributed by atoms with Crippen molar-refractivity contribution in [1.82, 2.24) is 0 Å². The summed E-state index contributed by atoms with van der Waals surface area (Å²) in [5.41, 5.74) is 2.57. The van der Waals surface area contributed by atoms with Gasteiger partial charge >= 0.3 is 11.9 Å².